The predicted octanol–water partition coefficient (Wildman–Crippen LogP) is 4.35. The second kappa shape index (κ2) is 11.1. The van der Waals surface area contributed by atoms with E-state index in [-0.39, 0.29) is 12.6 Å². The zero-order valence-corrected chi connectivity index (χ0v) is 22.3. The molecule has 2 aromatic carbocycles. The number of piperazine rings is 1. The van der Waals surface area contributed by atoms with Crippen molar-refractivity contribution in [2.45, 2.75) is 0 Å². The molecule has 5 rings (SSSR count). The molecule has 0 spiro atoms. The lowest BCUT2D eigenvalue weighted by Crippen LogP contribution is -2.47. The van der Waals surface area contributed by atoms with Gasteiger partial charge in [0.05, 0.1) is 29.0 Å². The maximum absolute atomic E-state index is 13.3. The summed E-state index contributed by atoms with van der Waals surface area (Å²) in [5, 5.41) is 4.08. The first kappa shape index (κ1) is 25.5. The molecule has 0 aliphatic carbocycles. The summed E-state index contributed by atoms with van der Waals surface area (Å²) in [4.78, 5) is 30.5. The van der Waals surface area contributed by atoms with E-state index < -0.39 is 0 Å². The van der Waals surface area contributed by atoms with Crippen molar-refractivity contribution in [3.8, 4) is 0 Å². The molecule has 3 aromatic rings. The average molecular weight is 542 g/mol. The van der Waals surface area contributed by atoms with E-state index in [2.05, 4.69) is 37.2 Å². The molecule has 37 heavy (non-hydrogen) atoms. The molecule has 3 heterocycles. The summed E-state index contributed by atoms with van der Waals surface area (Å²) < 4.78 is 5.19. The van der Waals surface area contributed by atoms with Gasteiger partial charge in [0.15, 0.2) is 0 Å². The number of hydrogen-bond donors (Lipinski definition) is 1. The van der Waals surface area contributed by atoms with E-state index >= 15 is 0 Å². The minimum absolute atomic E-state index is 0.249. The monoisotopic (exact) mass is 541 g/mol. The number of hydrogen-bond acceptors (Lipinski definition) is 8. The number of benzene rings is 2. The maximum Gasteiger partial charge on any atom is 0.265 e. The van der Waals surface area contributed by atoms with Gasteiger partial charge in [-0.2, -0.15) is 4.98 Å². The molecule has 1 amide bonds. The van der Waals surface area contributed by atoms with Crippen molar-refractivity contribution in [1.82, 2.24) is 14.9 Å². The molecule has 0 atom stereocenters. The Hall–Kier alpha value is -3.11. The lowest BCUT2D eigenvalue weighted by Gasteiger charge is -2.36. The van der Waals surface area contributed by atoms with Crippen LogP contribution in [-0.2, 0) is 4.74 Å². The number of ether oxygens (including phenoxy) is 1. The van der Waals surface area contributed by atoms with Crippen LogP contribution in [0, 0.1) is 0 Å². The zero-order valence-electron chi connectivity index (χ0n) is 20.8. The molecule has 0 unspecified atom stereocenters. The van der Waals surface area contributed by atoms with Gasteiger partial charge >= 0.3 is 0 Å². The Morgan fingerprint density at radius 2 is 1.73 bits per heavy atom. The van der Waals surface area contributed by atoms with Crippen molar-refractivity contribution in [3.63, 3.8) is 0 Å². The number of nitrogens with one attached hydrogen (secondary N) is 1. The first-order valence-electron chi connectivity index (χ1n) is 12.1. The van der Waals surface area contributed by atoms with Crippen molar-refractivity contribution in [1.29, 1.82) is 0 Å². The van der Waals surface area contributed by atoms with Crippen LogP contribution >= 0.6 is 23.2 Å². The number of fused-ring (bicyclic) bond motifs is 1. The lowest BCUT2D eigenvalue weighted by atomic mass is 10.2. The van der Waals surface area contributed by atoms with E-state index in [4.69, 9.17) is 27.9 Å². The second-order valence-corrected chi connectivity index (χ2v) is 9.88. The van der Waals surface area contributed by atoms with E-state index in [1.54, 1.807) is 30.2 Å². The summed E-state index contributed by atoms with van der Waals surface area (Å²) in [5.74, 6) is 0.716. The van der Waals surface area contributed by atoms with Gasteiger partial charge in [-0.3, -0.25) is 14.6 Å². The number of halogens is 2. The highest BCUT2D eigenvalue weighted by atomic mass is 35.5. The van der Waals surface area contributed by atoms with Crippen molar-refractivity contribution < 1.29 is 9.53 Å². The Balaban J connectivity index is 1.26. The largest absolute Gasteiger partial charge is 0.383 e. The van der Waals surface area contributed by atoms with Crippen molar-refractivity contribution in [2.75, 3.05) is 80.2 Å². The molecule has 9 nitrogen and oxygen atoms in total. The molecule has 1 aromatic heterocycles. The Kier molecular flexibility index (Phi) is 7.66. The van der Waals surface area contributed by atoms with Gasteiger partial charge in [0.25, 0.3) is 5.91 Å². The second-order valence-electron chi connectivity index (χ2n) is 9.07. The molecular weight excluding hydrogens is 513 g/mol. The number of rotatable bonds is 7. The van der Waals surface area contributed by atoms with Crippen LogP contribution < -0.4 is 20.0 Å². The standard InChI is InChI=1S/C26H29Cl2N7O2/c1-32-17-35(23-21(27)4-3-5-22(23)28)25(36)20-16-29-26(31-24(20)32)30-18-6-8-19(9-7-18)34-12-10-33(11-13-34)14-15-37-2/h3-9,16H,10-15,17H2,1-2H3,(H,29,30,31). The zero-order chi connectivity index (χ0) is 25.9. The molecule has 2 aliphatic rings. The van der Waals surface area contributed by atoms with Gasteiger partial charge < -0.3 is 19.9 Å². The summed E-state index contributed by atoms with van der Waals surface area (Å²) in [7, 11) is 3.61. The lowest BCUT2D eigenvalue weighted by molar-refractivity contribution is 0.0982. The number of para-hydroxylation sites is 1. The molecular formula is C26H29Cl2N7O2. The predicted molar refractivity (Wildman–Crippen MR) is 149 cm³/mol. The highest BCUT2D eigenvalue weighted by Gasteiger charge is 2.32. The first-order chi connectivity index (χ1) is 17.9. The summed E-state index contributed by atoms with van der Waals surface area (Å²) in [6.45, 7) is 6.03. The molecule has 11 heteroatoms. The van der Waals surface area contributed by atoms with Crippen molar-refractivity contribution in [2.24, 2.45) is 0 Å². The number of carbonyl (C=O) groups is 1. The molecule has 1 N–H and O–H groups in total. The van der Waals surface area contributed by atoms with Crippen molar-refractivity contribution >= 4 is 57.9 Å². The fourth-order valence-electron chi connectivity index (χ4n) is 4.62. The number of amides is 1. The molecule has 0 saturated carbocycles. The van der Waals surface area contributed by atoms with Crippen LogP contribution in [0.3, 0.4) is 0 Å². The average Bonchev–Trinajstić information content (AvgIpc) is 2.91. The van der Waals surface area contributed by atoms with Crippen LogP contribution in [0.4, 0.5) is 28.8 Å². The molecule has 194 valence electrons. The molecule has 1 fully saturated rings. The number of carbonyl (C=O) groups excluding carboxylic acids is 1. The normalized spacial score (nSPS) is 16.2. The molecule has 0 radical (unpaired) electrons. The Morgan fingerprint density at radius 1 is 1.03 bits per heavy atom. The van der Waals surface area contributed by atoms with Gasteiger partial charge in [-0.15, -0.1) is 0 Å². The smallest absolute Gasteiger partial charge is 0.265 e. The third kappa shape index (κ3) is 5.45. The maximum atomic E-state index is 13.3. The number of anilines is 5. The van der Waals surface area contributed by atoms with Gasteiger partial charge in [0.1, 0.15) is 11.4 Å². The highest BCUT2D eigenvalue weighted by Crippen LogP contribution is 2.37. The summed E-state index contributed by atoms with van der Waals surface area (Å²) in [6.07, 6.45) is 1.54. The Labute approximate surface area is 226 Å². The van der Waals surface area contributed by atoms with Crippen LogP contribution in [-0.4, -0.2) is 80.9 Å². The van der Waals surface area contributed by atoms with E-state index in [9.17, 15) is 4.79 Å². The van der Waals surface area contributed by atoms with Crippen LogP contribution in [0.5, 0.6) is 0 Å². The van der Waals surface area contributed by atoms with E-state index in [1.165, 1.54) is 11.9 Å². The molecule has 0 bridgehead atoms. The Bertz CT molecular complexity index is 1250. The van der Waals surface area contributed by atoms with Crippen LogP contribution in [0.2, 0.25) is 10.0 Å². The quantitative estimate of drug-likeness (QED) is 0.473. The topological polar surface area (TPSA) is 77.1 Å². The fourth-order valence-corrected chi connectivity index (χ4v) is 5.22. The third-order valence-corrected chi connectivity index (χ3v) is 7.25. The fraction of sp³-hybridized carbons (Fsp3) is 0.346. The number of nitrogens with zero attached hydrogens (tertiary/aromatic N) is 6. The number of methoxy groups -OCH3 is 1. The van der Waals surface area contributed by atoms with E-state index in [0.717, 1.165) is 45.0 Å². The summed E-state index contributed by atoms with van der Waals surface area (Å²) >= 11 is 12.7. The SMILES string of the molecule is COCCN1CCN(c2ccc(Nc3ncc4c(n3)N(C)CN(c3c(Cl)cccc3Cl)C4=O)cc2)CC1. The molecule has 1 saturated heterocycles. The van der Waals surface area contributed by atoms with E-state index in [1.807, 2.05) is 24.1 Å². The van der Waals surface area contributed by atoms with Crippen LogP contribution in [0.1, 0.15) is 10.4 Å². The van der Waals surface area contributed by atoms with E-state index in [0.29, 0.717) is 33.1 Å². The number of aromatic nitrogens is 2. The van der Waals surface area contributed by atoms with Crippen LogP contribution in [0.15, 0.2) is 48.7 Å². The van der Waals surface area contributed by atoms with Gasteiger partial charge in [0.2, 0.25) is 5.95 Å². The first-order valence-corrected chi connectivity index (χ1v) is 12.9. The summed E-state index contributed by atoms with van der Waals surface area (Å²) in [5.41, 5.74) is 2.92. The molecule has 2 aliphatic heterocycles. The Morgan fingerprint density at radius 3 is 2.41 bits per heavy atom. The highest BCUT2D eigenvalue weighted by molar-refractivity contribution is 6.40. The van der Waals surface area contributed by atoms with Crippen molar-refractivity contribution in [3.05, 3.63) is 64.3 Å². The van der Waals surface area contributed by atoms with Gasteiger partial charge in [-0.25, -0.2) is 4.98 Å². The minimum atomic E-state index is -0.249. The third-order valence-electron chi connectivity index (χ3n) is 6.64. The van der Waals surface area contributed by atoms with Gasteiger partial charge in [0, 0.05) is 64.5 Å². The van der Waals surface area contributed by atoms with Gasteiger partial charge in [-0.1, -0.05) is 29.3 Å². The minimum Gasteiger partial charge on any atom is -0.383 e. The van der Waals surface area contributed by atoms with Gasteiger partial charge in [-0.05, 0) is 36.4 Å². The summed E-state index contributed by atoms with van der Waals surface area (Å²) in [6, 6.07) is 13.4. The van der Waals surface area contributed by atoms with Crippen LogP contribution in [0.25, 0.3) is 0 Å².